The minimum Gasteiger partial charge on any atom is -0.362 e. The SMILES string of the molecule is CC(C)Nc1nc2c(c(N(C)C)n1)CNCC2. The van der Waals surface area contributed by atoms with Crippen LogP contribution < -0.4 is 15.5 Å². The standard InChI is InChI=1S/C12H21N5/c1-8(2)14-12-15-10-5-6-13-7-9(10)11(16-12)17(3)4/h8,13H,5-7H2,1-4H3,(H,14,15,16). The van der Waals surface area contributed by atoms with Gasteiger partial charge in [-0.3, -0.25) is 0 Å². The molecule has 1 aliphatic rings. The molecular weight excluding hydrogens is 214 g/mol. The maximum absolute atomic E-state index is 4.61. The van der Waals surface area contributed by atoms with Crippen molar-refractivity contribution in [1.29, 1.82) is 0 Å². The van der Waals surface area contributed by atoms with Crippen molar-refractivity contribution in [2.45, 2.75) is 32.9 Å². The zero-order chi connectivity index (χ0) is 12.4. The van der Waals surface area contributed by atoms with E-state index in [4.69, 9.17) is 0 Å². The average Bonchev–Trinajstić information content (AvgIpc) is 2.27. The molecule has 0 fully saturated rings. The number of aromatic nitrogens is 2. The van der Waals surface area contributed by atoms with E-state index in [0.717, 1.165) is 31.3 Å². The zero-order valence-corrected chi connectivity index (χ0v) is 11.0. The highest BCUT2D eigenvalue weighted by atomic mass is 15.2. The zero-order valence-electron chi connectivity index (χ0n) is 11.0. The fourth-order valence-corrected chi connectivity index (χ4v) is 2.02. The molecule has 0 aliphatic carbocycles. The first-order chi connectivity index (χ1) is 8.08. The lowest BCUT2D eigenvalue weighted by Gasteiger charge is -2.24. The monoisotopic (exact) mass is 235 g/mol. The van der Waals surface area contributed by atoms with E-state index < -0.39 is 0 Å². The van der Waals surface area contributed by atoms with E-state index in [0.29, 0.717) is 6.04 Å². The van der Waals surface area contributed by atoms with Crippen LogP contribution in [0.4, 0.5) is 11.8 Å². The molecule has 0 unspecified atom stereocenters. The molecule has 17 heavy (non-hydrogen) atoms. The fraction of sp³-hybridized carbons (Fsp3) is 0.667. The Morgan fingerprint density at radius 3 is 2.71 bits per heavy atom. The van der Waals surface area contributed by atoms with Crippen LogP contribution in [0.15, 0.2) is 0 Å². The van der Waals surface area contributed by atoms with E-state index in [-0.39, 0.29) is 0 Å². The van der Waals surface area contributed by atoms with Gasteiger partial charge < -0.3 is 15.5 Å². The van der Waals surface area contributed by atoms with E-state index in [2.05, 4.69) is 39.3 Å². The third-order valence-corrected chi connectivity index (χ3v) is 2.75. The van der Waals surface area contributed by atoms with Crippen molar-refractivity contribution in [2.24, 2.45) is 0 Å². The van der Waals surface area contributed by atoms with Gasteiger partial charge in [-0.05, 0) is 13.8 Å². The second kappa shape index (κ2) is 4.87. The molecule has 0 spiro atoms. The van der Waals surface area contributed by atoms with Crippen LogP contribution in [0.2, 0.25) is 0 Å². The third kappa shape index (κ3) is 2.66. The summed E-state index contributed by atoms with van der Waals surface area (Å²) in [6.45, 7) is 6.06. The lowest BCUT2D eigenvalue weighted by atomic mass is 10.1. The molecule has 0 atom stereocenters. The van der Waals surface area contributed by atoms with Gasteiger partial charge in [-0.25, -0.2) is 4.98 Å². The van der Waals surface area contributed by atoms with Crippen LogP contribution in [0, 0.1) is 0 Å². The highest BCUT2D eigenvalue weighted by Crippen LogP contribution is 2.23. The van der Waals surface area contributed by atoms with E-state index >= 15 is 0 Å². The lowest BCUT2D eigenvalue weighted by Crippen LogP contribution is -2.29. The van der Waals surface area contributed by atoms with Crippen molar-refractivity contribution in [3.8, 4) is 0 Å². The summed E-state index contributed by atoms with van der Waals surface area (Å²) < 4.78 is 0. The predicted molar refractivity (Wildman–Crippen MR) is 70.5 cm³/mol. The summed E-state index contributed by atoms with van der Waals surface area (Å²) in [4.78, 5) is 11.3. The summed E-state index contributed by atoms with van der Waals surface area (Å²) in [6, 6.07) is 0.352. The van der Waals surface area contributed by atoms with Gasteiger partial charge in [-0.1, -0.05) is 0 Å². The summed E-state index contributed by atoms with van der Waals surface area (Å²) >= 11 is 0. The number of hydrogen-bond acceptors (Lipinski definition) is 5. The largest absolute Gasteiger partial charge is 0.362 e. The van der Waals surface area contributed by atoms with Crippen LogP contribution in [-0.4, -0.2) is 36.6 Å². The molecular formula is C12H21N5. The normalized spacial score (nSPS) is 14.6. The van der Waals surface area contributed by atoms with Crippen LogP contribution in [0.3, 0.4) is 0 Å². The van der Waals surface area contributed by atoms with Crippen LogP contribution in [0.25, 0.3) is 0 Å². The van der Waals surface area contributed by atoms with Gasteiger partial charge >= 0.3 is 0 Å². The van der Waals surface area contributed by atoms with Crippen molar-refractivity contribution in [1.82, 2.24) is 15.3 Å². The summed E-state index contributed by atoms with van der Waals surface area (Å²) in [5, 5.41) is 6.65. The first kappa shape index (κ1) is 12.1. The highest BCUT2D eigenvalue weighted by Gasteiger charge is 2.18. The molecule has 0 amide bonds. The Morgan fingerprint density at radius 1 is 1.29 bits per heavy atom. The molecule has 5 heteroatoms. The number of fused-ring (bicyclic) bond motifs is 1. The van der Waals surface area contributed by atoms with Crippen LogP contribution >= 0.6 is 0 Å². The van der Waals surface area contributed by atoms with Gasteiger partial charge in [0.15, 0.2) is 0 Å². The van der Waals surface area contributed by atoms with Gasteiger partial charge in [0.2, 0.25) is 5.95 Å². The third-order valence-electron chi connectivity index (χ3n) is 2.75. The molecule has 5 nitrogen and oxygen atoms in total. The second-order valence-electron chi connectivity index (χ2n) is 4.92. The molecule has 0 bridgehead atoms. The summed E-state index contributed by atoms with van der Waals surface area (Å²) in [5.74, 6) is 1.76. The highest BCUT2D eigenvalue weighted by molar-refractivity contribution is 5.52. The summed E-state index contributed by atoms with van der Waals surface area (Å²) in [5.41, 5.74) is 2.40. The molecule has 2 rings (SSSR count). The average molecular weight is 235 g/mol. The maximum Gasteiger partial charge on any atom is 0.225 e. The van der Waals surface area contributed by atoms with Crippen LogP contribution in [-0.2, 0) is 13.0 Å². The van der Waals surface area contributed by atoms with Crippen LogP contribution in [0.5, 0.6) is 0 Å². The van der Waals surface area contributed by atoms with Crippen molar-refractivity contribution in [3.05, 3.63) is 11.3 Å². The number of anilines is 2. The number of nitrogens with one attached hydrogen (secondary N) is 2. The van der Waals surface area contributed by atoms with Crippen molar-refractivity contribution < 1.29 is 0 Å². The molecule has 0 radical (unpaired) electrons. The van der Waals surface area contributed by atoms with E-state index in [1.807, 2.05) is 14.1 Å². The Bertz CT molecular complexity index is 400. The molecule has 1 aromatic heterocycles. The van der Waals surface area contributed by atoms with Gasteiger partial charge in [-0.2, -0.15) is 4.98 Å². The quantitative estimate of drug-likeness (QED) is 0.819. The van der Waals surface area contributed by atoms with Gasteiger partial charge in [0.1, 0.15) is 5.82 Å². The Morgan fingerprint density at radius 2 is 2.06 bits per heavy atom. The van der Waals surface area contributed by atoms with Gasteiger partial charge in [-0.15, -0.1) is 0 Å². The Balaban J connectivity index is 2.41. The molecule has 94 valence electrons. The molecule has 1 aromatic rings. The predicted octanol–water partition coefficient (Wildman–Crippen LogP) is 1.01. The molecule has 0 saturated carbocycles. The van der Waals surface area contributed by atoms with E-state index in [1.165, 1.54) is 11.3 Å². The van der Waals surface area contributed by atoms with Crippen LogP contribution in [0.1, 0.15) is 25.1 Å². The lowest BCUT2D eigenvalue weighted by molar-refractivity contribution is 0.625. The second-order valence-corrected chi connectivity index (χ2v) is 4.92. The number of nitrogens with zero attached hydrogens (tertiary/aromatic N) is 3. The minimum absolute atomic E-state index is 0.352. The molecule has 2 N–H and O–H groups in total. The number of hydrogen-bond donors (Lipinski definition) is 2. The maximum atomic E-state index is 4.61. The first-order valence-corrected chi connectivity index (χ1v) is 6.12. The molecule has 0 saturated heterocycles. The van der Waals surface area contributed by atoms with Gasteiger partial charge in [0, 0.05) is 45.2 Å². The van der Waals surface area contributed by atoms with E-state index in [1.54, 1.807) is 0 Å². The summed E-state index contributed by atoms with van der Waals surface area (Å²) in [6.07, 6.45) is 0.978. The Kier molecular flexibility index (Phi) is 3.47. The first-order valence-electron chi connectivity index (χ1n) is 6.12. The smallest absolute Gasteiger partial charge is 0.225 e. The van der Waals surface area contributed by atoms with Crippen molar-refractivity contribution in [2.75, 3.05) is 30.9 Å². The van der Waals surface area contributed by atoms with E-state index in [9.17, 15) is 0 Å². The van der Waals surface area contributed by atoms with Gasteiger partial charge in [0.25, 0.3) is 0 Å². The Hall–Kier alpha value is -1.36. The minimum atomic E-state index is 0.352. The number of rotatable bonds is 3. The topological polar surface area (TPSA) is 53.1 Å². The molecule has 2 heterocycles. The fourth-order valence-electron chi connectivity index (χ4n) is 2.02. The van der Waals surface area contributed by atoms with Crippen molar-refractivity contribution in [3.63, 3.8) is 0 Å². The molecule has 0 aromatic carbocycles. The van der Waals surface area contributed by atoms with Crippen molar-refractivity contribution >= 4 is 11.8 Å². The van der Waals surface area contributed by atoms with Gasteiger partial charge in [0.05, 0.1) is 5.69 Å². The summed E-state index contributed by atoms with van der Waals surface area (Å²) in [7, 11) is 4.05. The Labute approximate surface area is 103 Å². The molecule has 1 aliphatic heterocycles.